The molecule has 8 nitrogen and oxygen atoms in total. The average molecular weight is 510 g/mol. The number of halogens is 3. The summed E-state index contributed by atoms with van der Waals surface area (Å²) in [4.78, 5) is 2.03. The van der Waals surface area contributed by atoms with Gasteiger partial charge in [0.25, 0.3) is 0 Å². The van der Waals surface area contributed by atoms with Crippen molar-refractivity contribution in [3.8, 4) is 17.0 Å². The molecule has 4 rings (SSSR count). The molecule has 0 amide bonds. The Labute approximate surface area is 202 Å². The summed E-state index contributed by atoms with van der Waals surface area (Å²) >= 11 is 0. The summed E-state index contributed by atoms with van der Waals surface area (Å²) in [5, 5.41) is 8.41. The summed E-state index contributed by atoms with van der Waals surface area (Å²) < 4.78 is 72.4. The molecule has 12 heteroatoms. The Morgan fingerprint density at radius 1 is 0.971 bits per heavy atom. The number of sulfonamides is 1. The quantitative estimate of drug-likeness (QED) is 0.463. The molecule has 0 atom stereocenters. The molecule has 0 N–H and O–H groups in total. The third kappa shape index (κ3) is 5.82. The smallest absolute Gasteiger partial charge is 0.416 e. The van der Waals surface area contributed by atoms with E-state index in [1.54, 1.807) is 11.8 Å². The number of alkyl halides is 3. The number of para-hydroxylation sites is 1. The first-order valence-electron chi connectivity index (χ1n) is 11.1. The monoisotopic (exact) mass is 509 g/mol. The minimum Gasteiger partial charge on any atom is -0.496 e. The van der Waals surface area contributed by atoms with Gasteiger partial charge in [-0.15, -0.1) is 5.10 Å². The molecule has 0 saturated carbocycles. The number of methoxy groups -OCH3 is 1. The van der Waals surface area contributed by atoms with E-state index in [0.29, 0.717) is 19.6 Å². The number of ether oxygens (including phenoxy) is 1. The number of rotatable bonds is 8. The fraction of sp³-hybridized carbons (Fsp3) is 0.391. The highest BCUT2D eigenvalue weighted by molar-refractivity contribution is 7.89. The van der Waals surface area contributed by atoms with E-state index in [1.807, 2.05) is 30.5 Å². The van der Waals surface area contributed by atoms with Gasteiger partial charge in [-0.25, -0.2) is 8.42 Å². The maximum Gasteiger partial charge on any atom is 0.416 e. The first kappa shape index (κ1) is 25.1. The molecule has 188 valence electrons. The molecule has 3 aromatic rings. The maximum absolute atomic E-state index is 12.8. The second-order valence-corrected chi connectivity index (χ2v) is 10.1. The van der Waals surface area contributed by atoms with Gasteiger partial charge in [0.15, 0.2) is 0 Å². The lowest BCUT2D eigenvalue weighted by atomic mass is 10.1. The van der Waals surface area contributed by atoms with Crippen molar-refractivity contribution in [1.29, 1.82) is 0 Å². The van der Waals surface area contributed by atoms with Crippen LogP contribution in [-0.2, 0) is 22.7 Å². The number of piperazine rings is 1. The molecule has 1 aromatic heterocycles. The van der Waals surface area contributed by atoms with Gasteiger partial charge >= 0.3 is 6.18 Å². The summed E-state index contributed by atoms with van der Waals surface area (Å²) in [5.41, 5.74) is 0.722. The van der Waals surface area contributed by atoms with Crippen LogP contribution < -0.4 is 4.74 Å². The Hall–Kier alpha value is -2.96. The Bertz CT molecular complexity index is 1240. The van der Waals surface area contributed by atoms with Crippen LogP contribution in [0.25, 0.3) is 11.3 Å². The van der Waals surface area contributed by atoms with Crippen molar-refractivity contribution < 1.29 is 26.3 Å². The minimum atomic E-state index is -4.50. The fourth-order valence-electron chi connectivity index (χ4n) is 4.00. The molecule has 0 radical (unpaired) electrons. The number of nitrogens with zero attached hydrogens (tertiary/aromatic N) is 5. The Kier molecular flexibility index (Phi) is 7.43. The summed E-state index contributed by atoms with van der Waals surface area (Å²) in [6.07, 6.45) is -1.83. The van der Waals surface area contributed by atoms with E-state index >= 15 is 0 Å². The molecule has 1 saturated heterocycles. The van der Waals surface area contributed by atoms with E-state index in [-0.39, 0.29) is 18.0 Å². The Morgan fingerprint density at radius 3 is 2.31 bits per heavy atom. The summed E-state index contributed by atoms with van der Waals surface area (Å²) in [7, 11) is -2.23. The molecule has 0 bridgehead atoms. The highest BCUT2D eigenvalue weighted by Crippen LogP contribution is 2.30. The number of aromatic nitrogens is 3. The zero-order chi connectivity index (χ0) is 25.1. The number of hydrogen-bond donors (Lipinski definition) is 0. The maximum atomic E-state index is 12.8. The minimum absolute atomic E-state index is 0.129. The Morgan fingerprint density at radius 2 is 1.66 bits per heavy atom. The lowest BCUT2D eigenvalue weighted by molar-refractivity contribution is -0.137. The second-order valence-electron chi connectivity index (χ2n) is 8.19. The van der Waals surface area contributed by atoms with Crippen molar-refractivity contribution in [2.75, 3.05) is 39.8 Å². The van der Waals surface area contributed by atoms with Gasteiger partial charge in [-0.05, 0) is 42.8 Å². The second kappa shape index (κ2) is 10.3. The van der Waals surface area contributed by atoms with Gasteiger partial charge in [0.05, 0.1) is 23.8 Å². The first-order valence-corrected chi connectivity index (χ1v) is 12.6. The molecule has 1 aliphatic rings. The van der Waals surface area contributed by atoms with E-state index in [4.69, 9.17) is 4.74 Å². The predicted molar refractivity (Wildman–Crippen MR) is 123 cm³/mol. The number of benzene rings is 2. The summed E-state index contributed by atoms with van der Waals surface area (Å²) in [6, 6.07) is 11.2. The van der Waals surface area contributed by atoms with Gasteiger partial charge < -0.3 is 9.64 Å². The van der Waals surface area contributed by atoms with Gasteiger partial charge in [-0.2, -0.15) is 17.5 Å². The van der Waals surface area contributed by atoms with Crippen molar-refractivity contribution in [1.82, 2.24) is 24.2 Å². The highest BCUT2D eigenvalue weighted by atomic mass is 32.2. The van der Waals surface area contributed by atoms with Gasteiger partial charge in [0.2, 0.25) is 10.0 Å². The normalized spacial score (nSPS) is 15.9. The van der Waals surface area contributed by atoms with Crippen LogP contribution in [0.5, 0.6) is 5.75 Å². The number of hydrogen-bond acceptors (Lipinski definition) is 6. The molecule has 1 aliphatic heterocycles. The molecule has 2 heterocycles. The standard InChI is InChI=1S/C23H26F3N5O3S/c1-34-22-6-3-2-5-20(22)21-17-30(28-27-21)12-4-11-29-13-15-31(16-14-29)35(32,33)19-9-7-18(8-10-19)23(24,25)26/h2-3,5-10,17H,4,11-16H2,1H3. The lowest BCUT2D eigenvalue weighted by Gasteiger charge is -2.34. The van der Waals surface area contributed by atoms with Crippen LogP contribution in [-0.4, -0.2) is 72.5 Å². The van der Waals surface area contributed by atoms with Crippen LogP contribution >= 0.6 is 0 Å². The van der Waals surface area contributed by atoms with Gasteiger partial charge in [0, 0.05) is 44.8 Å². The molecular weight excluding hydrogens is 483 g/mol. The molecule has 2 aromatic carbocycles. The van der Waals surface area contributed by atoms with Crippen molar-refractivity contribution in [3.05, 3.63) is 60.3 Å². The zero-order valence-corrected chi connectivity index (χ0v) is 20.0. The molecule has 1 fully saturated rings. The largest absolute Gasteiger partial charge is 0.496 e. The Balaban J connectivity index is 1.27. The molecule has 0 unspecified atom stereocenters. The molecule has 35 heavy (non-hydrogen) atoms. The highest BCUT2D eigenvalue weighted by Gasteiger charge is 2.32. The van der Waals surface area contributed by atoms with Gasteiger partial charge in [0.1, 0.15) is 11.4 Å². The first-order chi connectivity index (χ1) is 16.7. The molecular formula is C23H26F3N5O3S. The molecule has 0 aliphatic carbocycles. The van der Waals surface area contributed by atoms with Crippen LogP contribution in [0.1, 0.15) is 12.0 Å². The SMILES string of the molecule is COc1ccccc1-c1cn(CCCN2CCN(S(=O)(=O)c3ccc(C(F)(F)F)cc3)CC2)nn1. The van der Waals surface area contributed by atoms with Gasteiger partial charge in [-0.3, -0.25) is 4.68 Å². The average Bonchev–Trinajstić information content (AvgIpc) is 3.32. The third-order valence-corrected chi connectivity index (χ3v) is 7.85. The van der Waals surface area contributed by atoms with Crippen molar-refractivity contribution in [2.45, 2.75) is 24.0 Å². The van der Waals surface area contributed by atoms with Crippen molar-refractivity contribution >= 4 is 10.0 Å². The predicted octanol–water partition coefficient (Wildman–Crippen LogP) is 3.37. The van der Waals surface area contributed by atoms with Crippen LogP contribution in [0.4, 0.5) is 13.2 Å². The fourth-order valence-corrected chi connectivity index (χ4v) is 5.42. The van der Waals surface area contributed by atoms with E-state index in [9.17, 15) is 21.6 Å². The zero-order valence-electron chi connectivity index (χ0n) is 19.1. The van der Waals surface area contributed by atoms with Gasteiger partial charge in [-0.1, -0.05) is 17.3 Å². The summed E-state index contributed by atoms with van der Waals surface area (Å²) in [6.45, 7) is 3.08. The molecule has 0 spiro atoms. The lowest BCUT2D eigenvalue weighted by Crippen LogP contribution is -2.48. The van der Waals surface area contributed by atoms with Crippen LogP contribution in [0.15, 0.2) is 59.6 Å². The topological polar surface area (TPSA) is 80.6 Å². The van der Waals surface area contributed by atoms with E-state index in [0.717, 1.165) is 54.2 Å². The van der Waals surface area contributed by atoms with E-state index < -0.39 is 21.8 Å². The van der Waals surface area contributed by atoms with E-state index in [1.165, 1.54) is 4.31 Å². The number of aryl methyl sites for hydroxylation is 1. The summed E-state index contributed by atoms with van der Waals surface area (Å²) in [5.74, 6) is 0.726. The van der Waals surface area contributed by atoms with Crippen molar-refractivity contribution in [2.24, 2.45) is 0 Å². The third-order valence-electron chi connectivity index (χ3n) is 5.93. The van der Waals surface area contributed by atoms with Crippen LogP contribution in [0.3, 0.4) is 0 Å². The van der Waals surface area contributed by atoms with Crippen molar-refractivity contribution in [3.63, 3.8) is 0 Å². The van der Waals surface area contributed by atoms with Crippen LogP contribution in [0, 0.1) is 0 Å². The van der Waals surface area contributed by atoms with E-state index in [2.05, 4.69) is 15.2 Å². The van der Waals surface area contributed by atoms with Crippen LogP contribution in [0.2, 0.25) is 0 Å².